The molecular formula is C14H16ClF3N2O2. The number of aromatic nitrogens is 1. The van der Waals surface area contributed by atoms with Crippen molar-refractivity contribution < 1.29 is 22.6 Å². The Morgan fingerprint density at radius 2 is 1.86 bits per heavy atom. The highest BCUT2D eigenvalue weighted by atomic mass is 35.5. The Hall–Kier alpha value is -1.05. The lowest BCUT2D eigenvalue weighted by atomic mass is 9.90. The van der Waals surface area contributed by atoms with Gasteiger partial charge in [0.1, 0.15) is 5.82 Å². The lowest BCUT2D eigenvalue weighted by Crippen LogP contribution is -2.39. The zero-order valence-electron chi connectivity index (χ0n) is 11.8. The lowest BCUT2D eigenvalue weighted by Gasteiger charge is -2.35. The van der Waals surface area contributed by atoms with E-state index in [4.69, 9.17) is 21.1 Å². The van der Waals surface area contributed by atoms with Crippen molar-refractivity contribution in [3.63, 3.8) is 0 Å². The average Bonchev–Trinajstić information content (AvgIpc) is 2.91. The van der Waals surface area contributed by atoms with Gasteiger partial charge in [-0.1, -0.05) is 11.6 Å². The predicted molar refractivity (Wildman–Crippen MR) is 74.8 cm³/mol. The van der Waals surface area contributed by atoms with Gasteiger partial charge in [0.2, 0.25) is 0 Å². The molecule has 1 saturated heterocycles. The van der Waals surface area contributed by atoms with Crippen LogP contribution in [0.2, 0.25) is 5.02 Å². The quantitative estimate of drug-likeness (QED) is 0.891. The monoisotopic (exact) mass is 336 g/mol. The molecule has 1 aromatic rings. The third kappa shape index (κ3) is 3.31. The van der Waals surface area contributed by atoms with Crippen LogP contribution < -0.4 is 5.32 Å². The molecule has 8 heteroatoms. The van der Waals surface area contributed by atoms with Crippen molar-refractivity contribution in [1.29, 1.82) is 0 Å². The van der Waals surface area contributed by atoms with E-state index in [0.29, 0.717) is 13.2 Å². The number of pyridine rings is 1. The minimum Gasteiger partial charge on any atom is -0.366 e. The van der Waals surface area contributed by atoms with Crippen molar-refractivity contribution in [2.75, 3.05) is 18.5 Å². The molecule has 0 unspecified atom stereocenters. The number of anilines is 1. The number of hydrogen-bond donors (Lipinski definition) is 1. The molecule has 3 rings (SSSR count). The normalized spacial score (nSPS) is 22.2. The maximum Gasteiger partial charge on any atom is 0.417 e. The topological polar surface area (TPSA) is 43.4 Å². The number of ether oxygens (including phenoxy) is 2. The van der Waals surface area contributed by atoms with Crippen LogP contribution in [0, 0.1) is 0 Å². The molecule has 1 saturated carbocycles. The van der Waals surface area contributed by atoms with Gasteiger partial charge in [-0.15, -0.1) is 0 Å². The third-order valence-electron chi connectivity index (χ3n) is 4.07. The first-order chi connectivity index (χ1) is 10.4. The molecular weight excluding hydrogens is 321 g/mol. The van der Waals surface area contributed by atoms with Gasteiger partial charge in [-0.2, -0.15) is 13.2 Å². The van der Waals surface area contributed by atoms with Crippen molar-refractivity contribution in [2.45, 2.75) is 43.7 Å². The summed E-state index contributed by atoms with van der Waals surface area (Å²) >= 11 is 5.90. The second kappa shape index (κ2) is 5.86. The number of hydrogen-bond acceptors (Lipinski definition) is 4. The highest BCUT2D eigenvalue weighted by Crippen LogP contribution is 2.37. The first kappa shape index (κ1) is 15.8. The summed E-state index contributed by atoms with van der Waals surface area (Å²) in [5.74, 6) is -0.181. The number of nitrogens with one attached hydrogen (secondary N) is 1. The summed E-state index contributed by atoms with van der Waals surface area (Å²) in [4.78, 5) is 3.80. The molecule has 0 aromatic carbocycles. The van der Waals surface area contributed by atoms with Crippen molar-refractivity contribution in [1.82, 2.24) is 4.98 Å². The molecule has 0 radical (unpaired) electrons. The van der Waals surface area contributed by atoms with Crippen LogP contribution in [0.1, 0.15) is 31.2 Å². The Morgan fingerprint density at radius 1 is 1.23 bits per heavy atom. The van der Waals surface area contributed by atoms with E-state index in [1.54, 1.807) is 0 Å². The molecule has 0 bridgehead atoms. The molecule has 1 spiro atoms. The molecule has 122 valence electrons. The van der Waals surface area contributed by atoms with Gasteiger partial charge in [-0.3, -0.25) is 0 Å². The zero-order valence-corrected chi connectivity index (χ0v) is 12.5. The van der Waals surface area contributed by atoms with Crippen LogP contribution in [0.5, 0.6) is 0 Å². The van der Waals surface area contributed by atoms with E-state index in [-0.39, 0.29) is 16.9 Å². The summed E-state index contributed by atoms with van der Waals surface area (Å²) in [5, 5.41) is 3.09. The van der Waals surface area contributed by atoms with Crippen LogP contribution >= 0.6 is 11.6 Å². The molecule has 1 aliphatic heterocycles. The molecule has 0 atom stereocenters. The fourth-order valence-corrected chi connectivity index (χ4v) is 3.10. The minimum absolute atomic E-state index is 0.0246. The number of halogens is 4. The van der Waals surface area contributed by atoms with Crippen molar-refractivity contribution >= 4 is 17.4 Å². The van der Waals surface area contributed by atoms with Gasteiger partial charge >= 0.3 is 6.18 Å². The predicted octanol–water partition coefficient (Wildman–Crippen LogP) is 3.85. The SMILES string of the molecule is FC(F)(F)c1cnc(NC2CCC3(CC2)OCCO3)c(Cl)c1. The van der Waals surface area contributed by atoms with E-state index in [9.17, 15) is 13.2 Å². The minimum atomic E-state index is -4.44. The fraction of sp³-hybridized carbons (Fsp3) is 0.643. The second-order valence-electron chi connectivity index (χ2n) is 5.58. The van der Waals surface area contributed by atoms with Crippen LogP contribution in [0.15, 0.2) is 12.3 Å². The Bertz CT molecular complexity index is 537. The number of rotatable bonds is 2. The summed E-state index contributed by atoms with van der Waals surface area (Å²) < 4.78 is 49.0. The fourth-order valence-electron chi connectivity index (χ4n) is 2.88. The van der Waals surface area contributed by atoms with E-state index in [2.05, 4.69) is 10.3 Å². The van der Waals surface area contributed by atoms with Crippen LogP contribution in [-0.4, -0.2) is 30.0 Å². The first-order valence-corrected chi connectivity index (χ1v) is 7.53. The smallest absolute Gasteiger partial charge is 0.366 e. The summed E-state index contributed by atoms with van der Waals surface area (Å²) in [6.07, 6.45) is -0.560. The second-order valence-corrected chi connectivity index (χ2v) is 5.99. The summed E-state index contributed by atoms with van der Waals surface area (Å²) in [7, 11) is 0. The van der Waals surface area contributed by atoms with Crippen molar-refractivity contribution in [2.24, 2.45) is 0 Å². The first-order valence-electron chi connectivity index (χ1n) is 7.15. The van der Waals surface area contributed by atoms with Gasteiger partial charge in [0.15, 0.2) is 5.79 Å². The van der Waals surface area contributed by atoms with E-state index < -0.39 is 17.5 Å². The van der Waals surface area contributed by atoms with Gasteiger partial charge in [-0.05, 0) is 18.9 Å². The maximum atomic E-state index is 12.6. The molecule has 2 heterocycles. The lowest BCUT2D eigenvalue weighted by molar-refractivity contribution is -0.177. The van der Waals surface area contributed by atoms with Crippen LogP contribution in [0.3, 0.4) is 0 Å². The highest BCUT2D eigenvalue weighted by Gasteiger charge is 2.40. The molecule has 4 nitrogen and oxygen atoms in total. The summed E-state index contributed by atoms with van der Waals surface area (Å²) in [6.45, 7) is 1.23. The highest BCUT2D eigenvalue weighted by molar-refractivity contribution is 6.33. The molecule has 1 N–H and O–H groups in total. The van der Waals surface area contributed by atoms with Gasteiger partial charge in [0.25, 0.3) is 0 Å². The zero-order chi connectivity index (χ0) is 15.8. The average molecular weight is 337 g/mol. The van der Waals surface area contributed by atoms with Gasteiger partial charge in [0.05, 0.1) is 23.8 Å². The molecule has 22 heavy (non-hydrogen) atoms. The van der Waals surface area contributed by atoms with Crippen molar-refractivity contribution in [3.8, 4) is 0 Å². The van der Waals surface area contributed by atoms with E-state index >= 15 is 0 Å². The molecule has 2 fully saturated rings. The molecule has 0 amide bonds. The van der Waals surface area contributed by atoms with Gasteiger partial charge < -0.3 is 14.8 Å². The van der Waals surface area contributed by atoms with E-state index in [1.807, 2.05) is 0 Å². The molecule has 2 aliphatic rings. The molecule has 1 aliphatic carbocycles. The van der Waals surface area contributed by atoms with Gasteiger partial charge in [-0.25, -0.2) is 4.98 Å². The van der Waals surface area contributed by atoms with Gasteiger partial charge in [0, 0.05) is 25.1 Å². The van der Waals surface area contributed by atoms with Crippen LogP contribution in [0.4, 0.5) is 19.0 Å². The number of nitrogens with zero attached hydrogens (tertiary/aromatic N) is 1. The van der Waals surface area contributed by atoms with Crippen LogP contribution in [0.25, 0.3) is 0 Å². The van der Waals surface area contributed by atoms with E-state index in [0.717, 1.165) is 37.9 Å². The summed E-state index contributed by atoms with van der Waals surface area (Å²) in [6, 6.07) is 0.991. The Morgan fingerprint density at radius 3 is 2.41 bits per heavy atom. The Balaban J connectivity index is 1.62. The van der Waals surface area contributed by atoms with Crippen LogP contribution in [-0.2, 0) is 15.7 Å². The standard InChI is InChI=1S/C14H16ClF3N2O2/c15-11-7-9(14(16,17)18)8-19-12(11)20-10-1-3-13(4-2-10)21-5-6-22-13/h7-8,10H,1-6H2,(H,19,20). The van der Waals surface area contributed by atoms with Crippen molar-refractivity contribution in [3.05, 3.63) is 22.8 Å². The summed E-state index contributed by atoms with van der Waals surface area (Å²) in [5.41, 5.74) is -0.849. The third-order valence-corrected chi connectivity index (χ3v) is 4.36. The maximum absolute atomic E-state index is 12.6. The molecule has 1 aromatic heterocycles. The Labute approximate surface area is 131 Å². The largest absolute Gasteiger partial charge is 0.417 e. The number of alkyl halides is 3. The Kier molecular flexibility index (Phi) is 4.22. The van der Waals surface area contributed by atoms with E-state index in [1.165, 1.54) is 0 Å².